The van der Waals surface area contributed by atoms with E-state index in [9.17, 15) is 5.11 Å². The Morgan fingerprint density at radius 2 is 1.95 bits per heavy atom. The van der Waals surface area contributed by atoms with Gasteiger partial charge < -0.3 is 9.84 Å². The highest BCUT2D eigenvalue weighted by Crippen LogP contribution is 2.36. The summed E-state index contributed by atoms with van der Waals surface area (Å²) in [7, 11) is 0. The number of phenols is 1. The first-order valence-electron chi connectivity index (χ1n) is 6.79. The third kappa shape index (κ3) is 2.97. The van der Waals surface area contributed by atoms with E-state index >= 15 is 0 Å². The van der Waals surface area contributed by atoms with Gasteiger partial charge in [0.1, 0.15) is 21.9 Å². The van der Waals surface area contributed by atoms with Crippen LogP contribution >= 0.6 is 11.8 Å². The SMILES string of the molecule is CCOc1ccc([C@@H]2NN=C(c3ccccc3O)S2)cc1. The van der Waals surface area contributed by atoms with Crippen LogP contribution in [0.5, 0.6) is 11.5 Å². The summed E-state index contributed by atoms with van der Waals surface area (Å²) in [5, 5.41) is 15.1. The monoisotopic (exact) mass is 300 g/mol. The van der Waals surface area contributed by atoms with Gasteiger partial charge in [-0.05, 0) is 36.8 Å². The average molecular weight is 300 g/mol. The Labute approximate surface area is 127 Å². The van der Waals surface area contributed by atoms with Crippen molar-refractivity contribution in [2.75, 3.05) is 6.61 Å². The molecule has 0 spiro atoms. The molecule has 0 saturated carbocycles. The summed E-state index contributed by atoms with van der Waals surface area (Å²) >= 11 is 1.59. The lowest BCUT2D eigenvalue weighted by atomic mass is 10.2. The number of phenolic OH excluding ortho intramolecular Hbond substituents is 1. The minimum Gasteiger partial charge on any atom is -0.507 e. The lowest BCUT2D eigenvalue weighted by Gasteiger charge is -2.10. The molecule has 21 heavy (non-hydrogen) atoms. The molecule has 108 valence electrons. The highest BCUT2D eigenvalue weighted by molar-refractivity contribution is 8.14. The predicted octanol–water partition coefficient (Wildman–Crippen LogP) is 3.49. The molecule has 0 fully saturated rings. The number of rotatable bonds is 4. The highest BCUT2D eigenvalue weighted by Gasteiger charge is 2.23. The van der Waals surface area contributed by atoms with E-state index in [0.717, 1.165) is 21.9 Å². The largest absolute Gasteiger partial charge is 0.507 e. The van der Waals surface area contributed by atoms with Gasteiger partial charge in [-0.1, -0.05) is 36.0 Å². The van der Waals surface area contributed by atoms with Crippen molar-refractivity contribution in [1.82, 2.24) is 5.43 Å². The maximum absolute atomic E-state index is 9.88. The molecule has 0 bridgehead atoms. The summed E-state index contributed by atoms with van der Waals surface area (Å²) in [5.74, 6) is 1.11. The van der Waals surface area contributed by atoms with Crippen LogP contribution in [0.4, 0.5) is 0 Å². The molecule has 3 rings (SSSR count). The molecule has 2 aromatic rings. The first-order chi connectivity index (χ1) is 10.3. The van der Waals surface area contributed by atoms with E-state index in [2.05, 4.69) is 10.5 Å². The van der Waals surface area contributed by atoms with E-state index in [-0.39, 0.29) is 11.1 Å². The van der Waals surface area contributed by atoms with Crippen molar-refractivity contribution < 1.29 is 9.84 Å². The molecule has 1 aliphatic heterocycles. The van der Waals surface area contributed by atoms with Gasteiger partial charge in [0.15, 0.2) is 0 Å². The third-order valence-electron chi connectivity index (χ3n) is 3.14. The molecular weight excluding hydrogens is 284 g/mol. The summed E-state index contributed by atoms with van der Waals surface area (Å²) in [5.41, 5.74) is 4.98. The fourth-order valence-electron chi connectivity index (χ4n) is 2.11. The first kappa shape index (κ1) is 13.8. The smallest absolute Gasteiger partial charge is 0.129 e. The van der Waals surface area contributed by atoms with E-state index in [4.69, 9.17) is 4.74 Å². The Morgan fingerprint density at radius 1 is 1.19 bits per heavy atom. The van der Waals surface area contributed by atoms with Crippen LogP contribution in [0.15, 0.2) is 53.6 Å². The zero-order chi connectivity index (χ0) is 14.7. The van der Waals surface area contributed by atoms with Crippen molar-refractivity contribution in [2.45, 2.75) is 12.3 Å². The summed E-state index contributed by atoms with van der Waals surface area (Å²) in [6.45, 7) is 2.63. The number of benzene rings is 2. The van der Waals surface area contributed by atoms with Crippen LogP contribution in [-0.4, -0.2) is 16.8 Å². The Hall–Kier alpha value is -2.14. The zero-order valence-corrected chi connectivity index (χ0v) is 12.4. The summed E-state index contributed by atoms with van der Waals surface area (Å²) in [4.78, 5) is 0. The Bertz CT molecular complexity index is 656. The van der Waals surface area contributed by atoms with Crippen LogP contribution in [-0.2, 0) is 0 Å². The lowest BCUT2D eigenvalue weighted by molar-refractivity contribution is 0.340. The normalized spacial score (nSPS) is 17.2. The van der Waals surface area contributed by atoms with E-state index in [0.29, 0.717) is 6.61 Å². The van der Waals surface area contributed by atoms with Crippen molar-refractivity contribution in [2.24, 2.45) is 5.10 Å². The number of hydrazone groups is 1. The van der Waals surface area contributed by atoms with E-state index < -0.39 is 0 Å². The lowest BCUT2D eigenvalue weighted by Crippen LogP contribution is -2.06. The van der Waals surface area contributed by atoms with Crippen molar-refractivity contribution in [1.29, 1.82) is 0 Å². The minimum absolute atomic E-state index is 0.0512. The van der Waals surface area contributed by atoms with Gasteiger partial charge in [0, 0.05) is 0 Å². The van der Waals surface area contributed by atoms with Crippen LogP contribution < -0.4 is 10.2 Å². The van der Waals surface area contributed by atoms with Gasteiger partial charge in [-0.25, -0.2) is 0 Å². The molecule has 0 radical (unpaired) electrons. The predicted molar refractivity (Wildman–Crippen MR) is 85.7 cm³/mol. The Balaban J connectivity index is 1.72. The third-order valence-corrected chi connectivity index (χ3v) is 4.29. The second kappa shape index (κ2) is 6.10. The van der Waals surface area contributed by atoms with E-state index in [1.807, 2.05) is 43.3 Å². The van der Waals surface area contributed by atoms with Crippen molar-refractivity contribution in [3.05, 3.63) is 59.7 Å². The molecule has 0 saturated heterocycles. The standard InChI is InChI=1S/C16H16N2O2S/c1-2-20-12-9-7-11(8-10-12)15-17-18-16(21-15)13-5-3-4-6-14(13)19/h3-10,15,17,19H,2H2,1H3/t15-/m1/s1. The number of hydrogen-bond donors (Lipinski definition) is 2. The molecule has 0 unspecified atom stereocenters. The highest BCUT2D eigenvalue weighted by atomic mass is 32.2. The Kier molecular flexibility index (Phi) is 4.01. The first-order valence-corrected chi connectivity index (χ1v) is 7.67. The van der Waals surface area contributed by atoms with E-state index in [1.165, 1.54) is 0 Å². The maximum Gasteiger partial charge on any atom is 0.129 e. The quantitative estimate of drug-likeness (QED) is 0.907. The van der Waals surface area contributed by atoms with Gasteiger partial charge in [-0.15, -0.1) is 0 Å². The summed E-state index contributed by atoms with van der Waals surface area (Å²) < 4.78 is 5.44. The van der Waals surface area contributed by atoms with Crippen LogP contribution in [0, 0.1) is 0 Å². The molecular formula is C16H16N2O2S. The maximum atomic E-state index is 9.88. The number of aromatic hydroxyl groups is 1. The van der Waals surface area contributed by atoms with Crippen LogP contribution in [0.3, 0.4) is 0 Å². The van der Waals surface area contributed by atoms with Crippen molar-refractivity contribution >= 4 is 16.8 Å². The fourth-order valence-corrected chi connectivity index (χ4v) is 3.13. The summed E-state index contributed by atoms with van der Waals surface area (Å²) in [6.07, 6.45) is 0. The number of ether oxygens (including phenoxy) is 1. The number of hydrogen-bond acceptors (Lipinski definition) is 5. The molecule has 1 aliphatic rings. The van der Waals surface area contributed by atoms with Gasteiger partial charge in [0.05, 0.1) is 12.2 Å². The van der Waals surface area contributed by atoms with E-state index in [1.54, 1.807) is 23.9 Å². The number of nitrogens with zero attached hydrogens (tertiary/aromatic N) is 1. The van der Waals surface area contributed by atoms with Gasteiger partial charge >= 0.3 is 0 Å². The van der Waals surface area contributed by atoms with Gasteiger partial charge in [-0.2, -0.15) is 5.10 Å². The molecule has 1 atom stereocenters. The van der Waals surface area contributed by atoms with Gasteiger partial charge in [-0.3, -0.25) is 5.43 Å². The van der Waals surface area contributed by atoms with Gasteiger partial charge in [0.2, 0.25) is 0 Å². The number of thioether (sulfide) groups is 1. The average Bonchev–Trinajstić information content (AvgIpc) is 2.98. The second-order valence-electron chi connectivity index (χ2n) is 4.56. The second-order valence-corrected chi connectivity index (χ2v) is 5.66. The molecule has 1 heterocycles. The van der Waals surface area contributed by atoms with Crippen LogP contribution in [0.1, 0.15) is 23.4 Å². The minimum atomic E-state index is 0.0512. The van der Waals surface area contributed by atoms with Crippen LogP contribution in [0.25, 0.3) is 0 Å². The molecule has 5 heteroatoms. The molecule has 4 nitrogen and oxygen atoms in total. The number of para-hydroxylation sites is 1. The molecule has 0 aromatic heterocycles. The van der Waals surface area contributed by atoms with Gasteiger partial charge in [0.25, 0.3) is 0 Å². The summed E-state index contributed by atoms with van der Waals surface area (Å²) in [6, 6.07) is 15.2. The molecule has 2 N–H and O–H groups in total. The van der Waals surface area contributed by atoms with Crippen LogP contribution in [0.2, 0.25) is 0 Å². The Morgan fingerprint density at radius 3 is 2.67 bits per heavy atom. The molecule has 0 amide bonds. The van der Waals surface area contributed by atoms with Crippen molar-refractivity contribution in [3.63, 3.8) is 0 Å². The zero-order valence-electron chi connectivity index (χ0n) is 11.6. The van der Waals surface area contributed by atoms with Crippen molar-refractivity contribution in [3.8, 4) is 11.5 Å². The number of nitrogens with one attached hydrogen (secondary N) is 1. The molecule has 0 aliphatic carbocycles. The topological polar surface area (TPSA) is 53.8 Å². The molecule has 2 aromatic carbocycles. The fraction of sp³-hybridized carbons (Fsp3) is 0.188.